The van der Waals surface area contributed by atoms with Gasteiger partial charge in [0.2, 0.25) is 11.8 Å². The molecule has 29 heavy (non-hydrogen) atoms. The molecule has 5 aliphatic rings. The smallest absolute Gasteiger partial charge is 0.236 e. The van der Waals surface area contributed by atoms with E-state index in [2.05, 4.69) is 0 Å². The fraction of sp³-hybridized carbons (Fsp3) is 0.800. The first-order valence-electron chi connectivity index (χ1n) is 10.1. The molecular formula is C20H21Cl6NO2. The third-order valence-corrected chi connectivity index (χ3v) is 12.7. The van der Waals surface area contributed by atoms with E-state index in [9.17, 15) is 9.59 Å². The molecule has 0 N–H and O–H groups in total. The van der Waals surface area contributed by atoms with Gasteiger partial charge in [-0.1, -0.05) is 65.7 Å². The van der Waals surface area contributed by atoms with Gasteiger partial charge in [-0.25, -0.2) is 0 Å². The number of likely N-dealkylation sites (tertiary alicyclic amines) is 1. The number of carbonyl (C=O) groups is 2. The van der Waals surface area contributed by atoms with Crippen molar-refractivity contribution in [1.82, 2.24) is 4.90 Å². The zero-order valence-corrected chi connectivity index (χ0v) is 20.3. The molecule has 1 aliphatic heterocycles. The molecule has 1 heterocycles. The Kier molecular flexibility index (Phi) is 4.70. The van der Waals surface area contributed by atoms with Crippen molar-refractivity contribution in [1.29, 1.82) is 0 Å². The van der Waals surface area contributed by atoms with Crippen molar-refractivity contribution in [2.24, 2.45) is 23.2 Å². The molecule has 5 rings (SSSR count). The second-order valence-electron chi connectivity index (χ2n) is 9.55. The average molecular weight is 520 g/mol. The van der Waals surface area contributed by atoms with Gasteiger partial charge in [0.25, 0.3) is 0 Å². The Labute approximate surface area is 200 Å². The predicted octanol–water partition coefficient (Wildman–Crippen LogP) is 6.18. The number of fused-ring (bicyclic) bond motifs is 6. The Balaban J connectivity index is 1.57. The Morgan fingerprint density at radius 3 is 2.03 bits per heavy atom. The molecular weight excluding hydrogens is 499 g/mol. The highest BCUT2D eigenvalue weighted by atomic mass is 35.5. The number of rotatable bonds is 1. The summed E-state index contributed by atoms with van der Waals surface area (Å²) in [7, 11) is 0. The summed E-state index contributed by atoms with van der Waals surface area (Å²) in [5, 5.41) is 0.316. The average Bonchev–Trinajstić information content (AvgIpc) is 3.01. The van der Waals surface area contributed by atoms with Gasteiger partial charge >= 0.3 is 0 Å². The molecule has 1 saturated heterocycles. The Hall–Kier alpha value is 0.620. The summed E-state index contributed by atoms with van der Waals surface area (Å²) < 4.78 is -1.63. The highest BCUT2D eigenvalue weighted by Gasteiger charge is 2.84. The number of amides is 2. The van der Waals surface area contributed by atoms with E-state index in [1.165, 1.54) is 0 Å². The van der Waals surface area contributed by atoms with Crippen LogP contribution in [0.5, 0.6) is 0 Å². The molecule has 2 bridgehead atoms. The lowest BCUT2D eigenvalue weighted by molar-refractivity contribution is -0.145. The number of imide groups is 1. The van der Waals surface area contributed by atoms with Gasteiger partial charge in [-0.05, 0) is 44.4 Å². The molecule has 0 aromatic heterocycles. The van der Waals surface area contributed by atoms with E-state index < -0.39 is 25.4 Å². The van der Waals surface area contributed by atoms with Gasteiger partial charge < -0.3 is 0 Å². The summed E-state index contributed by atoms with van der Waals surface area (Å²) in [5.41, 5.74) is -0.858. The second kappa shape index (κ2) is 6.35. The van der Waals surface area contributed by atoms with Gasteiger partial charge in [0.1, 0.15) is 9.75 Å². The molecule has 4 fully saturated rings. The van der Waals surface area contributed by atoms with E-state index in [1.54, 1.807) is 4.90 Å². The number of allylic oxidation sites excluding steroid dienone is 2. The van der Waals surface area contributed by atoms with E-state index in [0.717, 1.165) is 32.1 Å². The summed E-state index contributed by atoms with van der Waals surface area (Å²) in [6.45, 7) is 1.87. The molecule has 0 spiro atoms. The maximum absolute atomic E-state index is 13.5. The van der Waals surface area contributed by atoms with Gasteiger partial charge in [0.05, 0.1) is 21.4 Å². The number of hydrogen-bond donors (Lipinski definition) is 0. The number of nitrogens with zero attached hydrogens (tertiary/aromatic N) is 1. The van der Waals surface area contributed by atoms with Gasteiger partial charge in [0, 0.05) is 6.04 Å². The highest BCUT2D eigenvalue weighted by Crippen LogP contribution is 2.80. The van der Waals surface area contributed by atoms with Crippen molar-refractivity contribution in [3.63, 3.8) is 0 Å². The molecule has 2 amide bonds. The van der Waals surface area contributed by atoms with E-state index in [4.69, 9.17) is 69.6 Å². The normalized spacial score (nSPS) is 49.1. The zero-order chi connectivity index (χ0) is 21.1. The van der Waals surface area contributed by atoms with Crippen LogP contribution < -0.4 is 0 Å². The van der Waals surface area contributed by atoms with Gasteiger partial charge in [-0.2, -0.15) is 0 Å². The zero-order valence-electron chi connectivity index (χ0n) is 15.8. The Morgan fingerprint density at radius 1 is 0.897 bits per heavy atom. The molecule has 4 aliphatic carbocycles. The van der Waals surface area contributed by atoms with Crippen LogP contribution in [0.2, 0.25) is 0 Å². The number of hydrogen-bond acceptors (Lipinski definition) is 2. The molecule has 3 saturated carbocycles. The number of halogens is 6. The van der Waals surface area contributed by atoms with Crippen LogP contribution in [0.1, 0.15) is 51.9 Å². The van der Waals surface area contributed by atoms with Crippen LogP contribution in [0.3, 0.4) is 0 Å². The molecule has 0 aromatic carbocycles. The molecule has 160 valence electrons. The van der Waals surface area contributed by atoms with Gasteiger partial charge in [-0.15, -0.1) is 23.2 Å². The van der Waals surface area contributed by atoms with Crippen LogP contribution in [-0.4, -0.2) is 36.8 Å². The van der Waals surface area contributed by atoms with E-state index in [-0.39, 0.29) is 39.8 Å². The standard InChI is InChI=1S/C20H21Cl6NO2/c1-17-8-12-10(18(23)13(21)14(22)19(12,24)20(18,25)26)7-11(17)15(28)27(16(17)29)9-5-3-2-4-6-9/h9-12H,2-8H2,1H3/t10-,11+,12-,17+,18-,19-/m1/s1. The molecule has 3 nitrogen and oxygen atoms in total. The first-order chi connectivity index (χ1) is 13.4. The monoisotopic (exact) mass is 517 g/mol. The first-order valence-corrected chi connectivity index (χ1v) is 12.4. The van der Waals surface area contributed by atoms with E-state index in [1.807, 2.05) is 6.92 Å². The summed E-state index contributed by atoms with van der Waals surface area (Å²) in [6.07, 6.45) is 5.71. The number of alkyl halides is 4. The largest absolute Gasteiger partial charge is 0.279 e. The quantitative estimate of drug-likeness (QED) is 0.306. The minimum atomic E-state index is -1.63. The van der Waals surface area contributed by atoms with Gasteiger partial charge in [-0.3, -0.25) is 14.5 Å². The summed E-state index contributed by atoms with van der Waals surface area (Å²) in [5.74, 6) is -1.37. The van der Waals surface area contributed by atoms with Crippen molar-refractivity contribution in [2.45, 2.75) is 72.0 Å². The number of carbonyl (C=O) groups excluding carboxylic acids is 2. The van der Waals surface area contributed by atoms with Gasteiger partial charge in [0.15, 0.2) is 4.33 Å². The van der Waals surface area contributed by atoms with E-state index >= 15 is 0 Å². The topological polar surface area (TPSA) is 37.4 Å². The highest BCUT2D eigenvalue weighted by molar-refractivity contribution is 6.65. The molecule has 0 radical (unpaired) electrons. The lowest BCUT2D eigenvalue weighted by atomic mass is 9.58. The van der Waals surface area contributed by atoms with Crippen LogP contribution in [0.15, 0.2) is 10.1 Å². The van der Waals surface area contributed by atoms with Crippen LogP contribution in [0.25, 0.3) is 0 Å². The molecule has 9 heteroatoms. The summed E-state index contributed by atoms with van der Waals surface area (Å²) >= 11 is 40.4. The maximum atomic E-state index is 13.5. The summed E-state index contributed by atoms with van der Waals surface area (Å²) in [4.78, 5) is 25.8. The van der Waals surface area contributed by atoms with Crippen molar-refractivity contribution >= 4 is 81.4 Å². The van der Waals surface area contributed by atoms with Crippen molar-refractivity contribution in [3.05, 3.63) is 10.1 Å². The third kappa shape index (κ3) is 2.22. The maximum Gasteiger partial charge on any atom is 0.236 e. The molecule has 0 aromatic rings. The minimum absolute atomic E-state index is 0.0110. The van der Waals surface area contributed by atoms with Crippen molar-refractivity contribution in [3.8, 4) is 0 Å². The molecule has 0 unspecified atom stereocenters. The fourth-order valence-electron chi connectivity index (χ4n) is 6.77. The van der Waals surface area contributed by atoms with Crippen LogP contribution in [-0.2, 0) is 9.59 Å². The Morgan fingerprint density at radius 2 is 1.45 bits per heavy atom. The van der Waals surface area contributed by atoms with Crippen molar-refractivity contribution < 1.29 is 9.59 Å². The predicted molar refractivity (Wildman–Crippen MR) is 117 cm³/mol. The third-order valence-electron chi connectivity index (χ3n) is 8.34. The van der Waals surface area contributed by atoms with Crippen LogP contribution >= 0.6 is 69.6 Å². The first kappa shape index (κ1) is 21.5. The second-order valence-corrected chi connectivity index (χ2v) is 12.8. The minimum Gasteiger partial charge on any atom is -0.279 e. The lowest BCUT2D eigenvalue weighted by Crippen LogP contribution is -2.49. The molecule has 6 atom stereocenters. The van der Waals surface area contributed by atoms with Crippen LogP contribution in [0, 0.1) is 23.2 Å². The fourth-order valence-corrected chi connectivity index (χ4v) is 9.86. The lowest BCUT2D eigenvalue weighted by Gasteiger charge is -2.46. The summed E-state index contributed by atoms with van der Waals surface area (Å²) in [6, 6.07) is -0.0110. The SMILES string of the molecule is C[C@]12C[C@@H]3[C@@H](C[C@H]1C(=O)N(C1CCCCC1)C2=O)[C@@]1(Cl)C(Cl)=C(Cl)[C@@]3(Cl)C1(Cl)Cl. The Bertz CT molecular complexity index is 854. The van der Waals surface area contributed by atoms with Crippen LogP contribution in [0.4, 0.5) is 0 Å². The van der Waals surface area contributed by atoms with E-state index in [0.29, 0.717) is 12.8 Å². The van der Waals surface area contributed by atoms with Crippen molar-refractivity contribution in [2.75, 3.05) is 0 Å².